The first-order valence-corrected chi connectivity index (χ1v) is 9.94. The highest BCUT2D eigenvalue weighted by Gasteiger charge is 2.12. The molecule has 1 aromatic heterocycles. The van der Waals surface area contributed by atoms with Gasteiger partial charge in [0.15, 0.2) is 0 Å². The Balaban J connectivity index is 0.00000320. The molecule has 0 bridgehead atoms. The summed E-state index contributed by atoms with van der Waals surface area (Å²) in [5.41, 5.74) is 2.45. The Labute approximate surface area is 184 Å². The third kappa shape index (κ3) is 7.93. The second-order valence-corrected chi connectivity index (χ2v) is 6.94. The average molecular weight is 429 g/mol. The number of likely N-dealkylation sites (N-methyl/N-ethyl adjacent to an activating group) is 1. The van der Waals surface area contributed by atoms with Crippen LogP contribution < -0.4 is 10.1 Å². The molecule has 5 nitrogen and oxygen atoms in total. The predicted molar refractivity (Wildman–Crippen MR) is 121 cm³/mol. The van der Waals surface area contributed by atoms with Crippen molar-refractivity contribution in [2.45, 2.75) is 19.4 Å². The fourth-order valence-corrected chi connectivity index (χ4v) is 3.13. The van der Waals surface area contributed by atoms with E-state index >= 15 is 0 Å². The van der Waals surface area contributed by atoms with Gasteiger partial charge in [-0.25, -0.2) is 0 Å². The first kappa shape index (κ1) is 23.5. The maximum Gasteiger partial charge on any atom is 0.233 e. The molecule has 0 radical (unpaired) electrons. The van der Waals surface area contributed by atoms with Crippen LogP contribution in [0.4, 0.5) is 0 Å². The van der Waals surface area contributed by atoms with E-state index in [9.17, 15) is 4.79 Å². The maximum absolute atomic E-state index is 11.8. The molecule has 0 atom stereocenters. The van der Waals surface area contributed by atoms with Gasteiger partial charge in [0.25, 0.3) is 0 Å². The lowest BCUT2D eigenvalue weighted by atomic mass is 10.1. The summed E-state index contributed by atoms with van der Waals surface area (Å²) in [7, 11) is 1.66. The summed E-state index contributed by atoms with van der Waals surface area (Å²) in [4.78, 5) is 13.9. The molecule has 3 aromatic rings. The number of carbonyl (C=O) groups excluding carboxylic acids is 1. The Bertz CT molecular complexity index is 869. The summed E-state index contributed by atoms with van der Waals surface area (Å²) in [6, 6.07) is 22.3. The van der Waals surface area contributed by atoms with Gasteiger partial charge in [0.05, 0.1) is 26.0 Å². The molecule has 30 heavy (non-hydrogen) atoms. The minimum atomic E-state index is -0.00504. The van der Waals surface area contributed by atoms with Crippen LogP contribution in [-0.4, -0.2) is 37.6 Å². The van der Waals surface area contributed by atoms with Gasteiger partial charge in [0, 0.05) is 20.0 Å². The van der Waals surface area contributed by atoms with Crippen molar-refractivity contribution >= 4 is 18.3 Å². The summed E-state index contributed by atoms with van der Waals surface area (Å²) >= 11 is 0. The second kappa shape index (κ2) is 12.7. The molecule has 0 aliphatic rings. The molecule has 0 saturated carbocycles. The monoisotopic (exact) mass is 428 g/mol. The van der Waals surface area contributed by atoms with Gasteiger partial charge in [0.2, 0.25) is 5.91 Å². The summed E-state index contributed by atoms with van der Waals surface area (Å²) < 4.78 is 11.4. The minimum absolute atomic E-state index is 0. The largest absolute Gasteiger partial charge is 0.493 e. The minimum Gasteiger partial charge on any atom is -0.493 e. The third-order valence-corrected chi connectivity index (χ3v) is 4.72. The molecule has 2 aromatic carbocycles. The summed E-state index contributed by atoms with van der Waals surface area (Å²) in [6.45, 7) is 2.34. The van der Waals surface area contributed by atoms with Crippen molar-refractivity contribution in [3.05, 3.63) is 89.9 Å². The van der Waals surface area contributed by atoms with Crippen molar-refractivity contribution < 1.29 is 13.9 Å². The highest BCUT2D eigenvalue weighted by molar-refractivity contribution is 5.85. The quantitative estimate of drug-likeness (QED) is 0.499. The van der Waals surface area contributed by atoms with Crippen LogP contribution >= 0.6 is 12.4 Å². The van der Waals surface area contributed by atoms with Crippen LogP contribution in [-0.2, 0) is 24.2 Å². The van der Waals surface area contributed by atoms with E-state index in [1.54, 1.807) is 13.3 Å². The number of nitrogens with one attached hydrogen (secondary N) is 1. The lowest BCUT2D eigenvalue weighted by Gasteiger charge is -2.20. The van der Waals surface area contributed by atoms with E-state index < -0.39 is 0 Å². The lowest BCUT2D eigenvalue weighted by molar-refractivity contribution is -0.121. The Morgan fingerprint density at radius 3 is 2.53 bits per heavy atom. The van der Waals surface area contributed by atoms with Crippen LogP contribution in [0, 0.1) is 0 Å². The highest BCUT2D eigenvalue weighted by atomic mass is 35.5. The van der Waals surface area contributed by atoms with Crippen LogP contribution in [0.15, 0.2) is 77.4 Å². The van der Waals surface area contributed by atoms with Gasteiger partial charge in [-0.2, -0.15) is 0 Å². The molecule has 0 saturated heterocycles. The Hall–Kier alpha value is -2.76. The van der Waals surface area contributed by atoms with Gasteiger partial charge >= 0.3 is 0 Å². The zero-order valence-electron chi connectivity index (χ0n) is 17.3. The van der Waals surface area contributed by atoms with E-state index in [-0.39, 0.29) is 18.3 Å². The fraction of sp³-hybridized carbons (Fsp3) is 0.292. The standard InChI is InChI=1S/C24H28N2O3.ClH/c1-25-24(27)19-26(18-23-11-6-15-28-23)14-12-21-9-5-10-22(17-21)29-16-13-20-7-3-2-4-8-20;/h2-11,15,17H,12-14,16,18-19H2,1H3,(H,25,27);1H. The second-order valence-electron chi connectivity index (χ2n) is 6.94. The molecule has 0 aliphatic heterocycles. The van der Waals surface area contributed by atoms with E-state index in [1.807, 2.05) is 42.5 Å². The first-order chi connectivity index (χ1) is 14.2. The zero-order chi connectivity index (χ0) is 20.3. The number of ether oxygens (including phenoxy) is 1. The van der Waals surface area contributed by atoms with E-state index in [2.05, 4.69) is 34.5 Å². The number of nitrogens with zero attached hydrogens (tertiary/aromatic N) is 1. The van der Waals surface area contributed by atoms with Crippen LogP contribution in [0.5, 0.6) is 5.75 Å². The molecule has 0 spiro atoms. The van der Waals surface area contributed by atoms with Gasteiger partial charge in [-0.3, -0.25) is 9.69 Å². The van der Waals surface area contributed by atoms with Crippen LogP contribution in [0.2, 0.25) is 0 Å². The SMILES string of the molecule is CNC(=O)CN(CCc1cccc(OCCc2ccccc2)c1)Cc1ccco1.Cl. The molecule has 1 N–H and O–H groups in total. The van der Waals surface area contributed by atoms with Gasteiger partial charge in [-0.1, -0.05) is 42.5 Å². The number of furan rings is 1. The number of benzene rings is 2. The highest BCUT2D eigenvalue weighted by Crippen LogP contribution is 2.15. The Morgan fingerprint density at radius 2 is 1.80 bits per heavy atom. The summed E-state index contributed by atoms with van der Waals surface area (Å²) in [6.07, 6.45) is 3.37. The number of amides is 1. The number of hydrogen-bond acceptors (Lipinski definition) is 4. The van der Waals surface area contributed by atoms with E-state index in [0.717, 1.165) is 30.9 Å². The van der Waals surface area contributed by atoms with Crippen molar-refractivity contribution in [1.82, 2.24) is 10.2 Å². The third-order valence-electron chi connectivity index (χ3n) is 4.72. The molecule has 6 heteroatoms. The lowest BCUT2D eigenvalue weighted by Crippen LogP contribution is -2.36. The average Bonchev–Trinajstić information content (AvgIpc) is 3.26. The fourth-order valence-electron chi connectivity index (χ4n) is 3.13. The van der Waals surface area contributed by atoms with Gasteiger partial charge in [-0.15, -0.1) is 12.4 Å². The van der Waals surface area contributed by atoms with Crippen LogP contribution in [0.3, 0.4) is 0 Å². The van der Waals surface area contributed by atoms with Crippen LogP contribution in [0.25, 0.3) is 0 Å². The molecule has 0 aliphatic carbocycles. The molecule has 0 unspecified atom stereocenters. The van der Waals surface area contributed by atoms with E-state index in [0.29, 0.717) is 19.7 Å². The molecule has 1 amide bonds. The Morgan fingerprint density at radius 1 is 1.00 bits per heavy atom. The van der Waals surface area contributed by atoms with Crippen molar-refractivity contribution in [2.24, 2.45) is 0 Å². The zero-order valence-corrected chi connectivity index (χ0v) is 18.1. The number of hydrogen-bond donors (Lipinski definition) is 1. The van der Waals surface area contributed by atoms with E-state index in [1.165, 1.54) is 11.1 Å². The molecular weight excluding hydrogens is 400 g/mol. The molecule has 0 fully saturated rings. The van der Waals surface area contributed by atoms with Crippen LogP contribution in [0.1, 0.15) is 16.9 Å². The van der Waals surface area contributed by atoms with Gasteiger partial charge < -0.3 is 14.5 Å². The molecule has 3 rings (SSSR count). The predicted octanol–water partition coefficient (Wildman–Crippen LogP) is 4.11. The van der Waals surface area contributed by atoms with Crippen molar-refractivity contribution in [3.8, 4) is 5.75 Å². The summed E-state index contributed by atoms with van der Waals surface area (Å²) in [5, 5.41) is 2.69. The van der Waals surface area contributed by atoms with Gasteiger partial charge in [0.1, 0.15) is 11.5 Å². The molecule has 1 heterocycles. The van der Waals surface area contributed by atoms with E-state index in [4.69, 9.17) is 9.15 Å². The first-order valence-electron chi connectivity index (χ1n) is 9.94. The number of carbonyl (C=O) groups is 1. The normalized spacial score (nSPS) is 10.5. The van der Waals surface area contributed by atoms with Crippen molar-refractivity contribution in [3.63, 3.8) is 0 Å². The summed E-state index contributed by atoms with van der Waals surface area (Å²) in [5.74, 6) is 1.73. The maximum atomic E-state index is 11.8. The topological polar surface area (TPSA) is 54.7 Å². The van der Waals surface area contributed by atoms with Crippen molar-refractivity contribution in [2.75, 3.05) is 26.7 Å². The van der Waals surface area contributed by atoms with Crippen molar-refractivity contribution in [1.29, 1.82) is 0 Å². The molecular formula is C24H29ClN2O3. The smallest absolute Gasteiger partial charge is 0.233 e. The molecule has 160 valence electrons. The number of rotatable bonds is 11. The Kier molecular flexibility index (Phi) is 9.98. The number of halogens is 1. The van der Waals surface area contributed by atoms with Gasteiger partial charge in [-0.05, 0) is 41.8 Å².